The van der Waals surface area contributed by atoms with Crippen molar-refractivity contribution in [1.29, 1.82) is 0 Å². The monoisotopic (exact) mass is 240 g/mol. The van der Waals surface area contributed by atoms with Gasteiger partial charge in [0, 0.05) is 5.69 Å². The Morgan fingerprint density at radius 2 is 2.38 bits per heavy atom. The molecule has 0 aliphatic carbocycles. The maximum Gasteiger partial charge on any atom is 0.237 e. The van der Waals surface area contributed by atoms with E-state index < -0.39 is 5.82 Å². The van der Waals surface area contributed by atoms with E-state index in [0.29, 0.717) is 5.69 Å². The summed E-state index contributed by atoms with van der Waals surface area (Å²) in [4.78, 5) is 11.7. The summed E-state index contributed by atoms with van der Waals surface area (Å²) >= 11 is 1.65. The molecule has 0 bridgehead atoms. The largest absolute Gasteiger partial charge is 0.396 e. The lowest BCUT2D eigenvalue weighted by Gasteiger charge is -2.10. The van der Waals surface area contributed by atoms with Gasteiger partial charge in [0.25, 0.3) is 0 Å². The third-order valence-corrected chi connectivity index (χ3v) is 3.87. The van der Waals surface area contributed by atoms with Crippen molar-refractivity contribution in [2.45, 2.75) is 18.1 Å². The van der Waals surface area contributed by atoms with Crippen LogP contribution in [0.5, 0.6) is 0 Å². The van der Waals surface area contributed by atoms with Crippen molar-refractivity contribution in [3.05, 3.63) is 24.0 Å². The first-order chi connectivity index (χ1) is 7.66. The lowest BCUT2D eigenvalue weighted by Crippen LogP contribution is -2.22. The number of carbonyl (C=O) groups is 1. The standard InChI is InChI=1S/C11H13FN2OS/c12-8-6-7(3-4-9(8)13)14-11(15)10-2-1-5-16-10/h3-4,6,10H,1-2,5,13H2,(H,14,15). The Hall–Kier alpha value is -1.23. The molecule has 86 valence electrons. The van der Waals surface area contributed by atoms with E-state index in [-0.39, 0.29) is 16.8 Å². The molecule has 1 aliphatic heterocycles. The minimum atomic E-state index is -0.503. The maximum atomic E-state index is 13.1. The van der Waals surface area contributed by atoms with Gasteiger partial charge in [-0.1, -0.05) is 0 Å². The van der Waals surface area contributed by atoms with E-state index in [4.69, 9.17) is 5.73 Å². The molecule has 3 N–H and O–H groups in total. The predicted molar refractivity (Wildman–Crippen MR) is 64.9 cm³/mol. The van der Waals surface area contributed by atoms with E-state index in [2.05, 4.69) is 5.32 Å². The Bertz CT molecular complexity index is 405. The number of hydrogen-bond donors (Lipinski definition) is 2. The summed E-state index contributed by atoms with van der Waals surface area (Å²) in [5.74, 6) is 0.470. The summed E-state index contributed by atoms with van der Waals surface area (Å²) in [6.45, 7) is 0. The average molecular weight is 240 g/mol. The van der Waals surface area contributed by atoms with Gasteiger partial charge in [-0.25, -0.2) is 4.39 Å². The second-order valence-electron chi connectivity index (χ2n) is 3.73. The van der Waals surface area contributed by atoms with Gasteiger partial charge in [-0.05, 0) is 36.8 Å². The number of amides is 1. The molecule has 1 aromatic rings. The molecular weight excluding hydrogens is 227 g/mol. The van der Waals surface area contributed by atoms with Crippen LogP contribution in [0, 0.1) is 5.82 Å². The van der Waals surface area contributed by atoms with Crippen LogP contribution in [0.2, 0.25) is 0 Å². The topological polar surface area (TPSA) is 55.1 Å². The van der Waals surface area contributed by atoms with E-state index in [1.54, 1.807) is 17.8 Å². The highest BCUT2D eigenvalue weighted by molar-refractivity contribution is 8.00. The quantitative estimate of drug-likeness (QED) is 0.779. The molecule has 0 saturated carbocycles. The minimum absolute atomic E-state index is 0.000569. The van der Waals surface area contributed by atoms with E-state index in [9.17, 15) is 9.18 Å². The molecule has 0 radical (unpaired) electrons. The van der Waals surface area contributed by atoms with E-state index in [1.807, 2.05) is 0 Å². The molecule has 1 atom stereocenters. The number of nitrogen functional groups attached to an aromatic ring is 1. The van der Waals surface area contributed by atoms with Gasteiger partial charge in [0.1, 0.15) is 5.82 Å². The number of benzene rings is 1. The molecule has 5 heteroatoms. The maximum absolute atomic E-state index is 13.1. The van der Waals surface area contributed by atoms with Crippen molar-refractivity contribution in [2.24, 2.45) is 0 Å². The number of nitrogens with one attached hydrogen (secondary N) is 1. The van der Waals surface area contributed by atoms with E-state index >= 15 is 0 Å². The highest BCUT2D eigenvalue weighted by Gasteiger charge is 2.23. The number of halogens is 1. The summed E-state index contributed by atoms with van der Waals surface area (Å²) in [5, 5.41) is 2.70. The Morgan fingerprint density at radius 3 is 3.00 bits per heavy atom. The van der Waals surface area contributed by atoms with Crippen LogP contribution in [0.15, 0.2) is 18.2 Å². The average Bonchev–Trinajstić information content (AvgIpc) is 2.77. The summed E-state index contributed by atoms with van der Waals surface area (Å²) in [6, 6.07) is 4.30. The predicted octanol–water partition coefficient (Wildman–Crippen LogP) is 2.24. The minimum Gasteiger partial charge on any atom is -0.396 e. The molecule has 2 rings (SSSR count). The van der Waals surface area contributed by atoms with Crippen LogP contribution >= 0.6 is 11.8 Å². The normalized spacial score (nSPS) is 19.7. The number of rotatable bonds is 2. The van der Waals surface area contributed by atoms with Gasteiger partial charge in [0.15, 0.2) is 0 Å². The van der Waals surface area contributed by atoms with Gasteiger partial charge >= 0.3 is 0 Å². The van der Waals surface area contributed by atoms with Gasteiger partial charge in [0.2, 0.25) is 5.91 Å². The summed E-state index contributed by atoms with van der Waals surface area (Å²) in [7, 11) is 0. The molecule has 1 heterocycles. The SMILES string of the molecule is Nc1ccc(NC(=O)C2CCCS2)cc1F. The summed E-state index contributed by atoms with van der Waals surface area (Å²) in [6.07, 6.45) is 1.97. The highest BCUT2D eigenvalue weighted by atomic mass is 32.2. The fourth-order valence-electron chi connectivity index (χ4n) is 1.61. The zero-order valence-corrected chi connectivity index (χ0v) is 9.52. The number of anilines is 2. The fourth-order valence-corrected chi connectivity index (χ4v) is 2.77. The molecule has 1 fully saturated rings. The van der Waals surface area contributed by atoms with Gasteiger partial charge in [0.05, 0.1) is 10.9 Å². The van der Waals surface area contributed by atoms with Crippen LogP contribution in [0.3, 0.4) is 0 Å². The third-order valence-electron chi connectivity index (χ3n) is 2.49. The number of carbonyl (C=O) groups excluding carboxylic acids is 1. The first-order valence-electron chi connectivity index (χ1n) is 5.14. The van der Waals surface area contributed by atoms with Gasteiger partial charge < -0.3 is 11.1 Å². The van der Waals surface area contributed by atoms with E-state index in [0.717, 1.165) is 18.6 Å². The fraction of sp³-hybridized carbons (Fsp3) is 0.364. The molecular formula is C11H13FN2OS. The molecule has 1 amide bonds. The van der Waals surface area contributed by atoms with Crippen LogP contribution in [-0.4, -0.2) is 16.9 Å². The van der Waals surface area contributed by atoms with Crippen LogP contribution < -0.4 is 11.1 Å². The Kier molecular flexibility index (Phi) is 3.33. The van der Waals surface area contributed by atoms with Crippen molar-refractivity contribution < 1.29 is 9.18 Å². The van der Waals surface area contributed by atoms with Crippen molar-refractivity contribution in [1.82, 2.24) is 0 Å². The Balaban J connectivity index is 2.02. The highest BCUT2D eigenvalue weighted by Crippen LogP contribution is 2.27. The zero-order valence-electron chi connectivity index (χ0n) is 8.70. The number of thioether (sulfide) groups is 1. The summed E-state index contributed by atoms with van der Waals surface area (Å²) < 4.78 is 13.1. The molecule has 1 saturated heterocycles. The van der Waals surface area contributed by atoms with Crippen molar-refractivity contribution >= 4 is 29.0 Å². The van der Waals surface area contributed by atoms with Gasteiger partial charge in [-0.15, -0.1) is 11.8 Å². The van der Waals surface area contributed by atoms with E-state index in [1.165, 1.54) is 12.1 Å². The number of nitrogens with two attached hydrogens (primary N) is 1. The molecule has 1 aromatic carbocycles. The zero-order chi connectivity index (χ0) is 11.5. The van der Waals surface area contributed by atoms with Gasteiger partial charge in [-0.2, -0.15) is 0 Å². The van der Waals surface area contributed by atoms with Crippen LogP contribution in [0.25, 0.3) is 0 Å². The first-order valence-corrected chi connectivity index (χ1v) is 6.19. The van der Waals surface area contributed by atoms with Gasteiger partial charge in [-0.3, -0.25) is 4.79 Å². The second kappa shape index (κ2) is 4.74. The second-order valence-corrected chi connectivity index (χ2v) is 5.04. The Labute approximate surface area is 97.6 Å². The smallest absolute Gasteiger partial charge is 0.237 e. The summed E-state index contributed by atoms with van der Waals surface area (Å²) in [5.41, 5.74) is 5.90. The lowest BCUT2D eigenvalue weighted by molar-refractivity contribution is -0.115. The Morgan fingerprint density at radius 1 is 1.56 bits per heavy atom. The molecule has 0 aromatic heterocycles. The molecule has 1 unspecified atom stereocenters. The first kappa shape index (κ1) is 11.3. The lowest BCUT2D eigenvalue weighted by atomic mass is 10.2. The van der Waals surface area contributed by atoms with Crippen LogP contribution in [0.4, 0.5) is 15.8 Å². The molecule has 16 heavy (non-hydrogen) atoms. The molecule has 1 aliphatic rings. The third kappa shape index (κ3) is 2.47. The number of hydrogen-bond acceptors (Lipinski definition) is 3. The van der Waals surface area contributed by atoms with Crippen molar-refractivity contribution in [2.75, 3.05) is 16.8 Å². The van der Waals surface area contributed by atoms with Crippen molar-refractivity contribution in [3.63, 3.8) is 0 Å². The molecule has 0 spiro atoms. The molecule has 3 nitrogen and oxygen atoms in total. The van der Waals surface area contributed by atoms with Crippen LogP contribution in [0.1, 0.15) is 12.8 Å². The van der Waals surface area contributed by atoms with Crippen LogP contribution in [-0.2, 0) is 4.79 Å². The van der Waals surface area contributed by atoms with Crippen molar-refractivity contribution in [3.8, 4) is 0 Å².